The molecule has 0 aliphatic heterocycles. The van der Waals surface area contributed by atoms with Gasteiger partial charge in [-0.3, -0.25) is 4.98 Å². The Kier molecular flexibility index (Phi) is 2.68. The van der Waals surface area contributed by atoms with Gasteiger partial charge in [0.15, 0.2) is 0 Å². The zero-order valence-electron chi connectivity index (χ0n) is 7.74. The minimum atomic E-state index is -0.309. The summed E-state index contributed by atoms with van der Waals surface area (Å²) in [6.07, 6.45) is 1.56. The maximum absolute atomic E-state index is 13.5. The molecule has 0 fully saturated rings. The molecular weight excluding hydrogens is 259 g/mol. The van der Waals surface area contributed by atoms with Gasteiger partial charge in [-0.15, -0.1) is 0 Å². The van der Waals surface area contributed by atoms with E-state index < -0.39 is 0 Å². The number of hydrogen-bond acceptors (Lipinski definition) is 2. The van der Waals surface area contributed by atoms with Gasteiger partial charge in [0.05, 0.1) is 5.69 Å². The molecule has 0 unspecified atom stereocenters. The van der Waals surface area contributed by atoms with Gasteiger partial charge in [-0.1, -0.05) is 15.9 Å². The average Bonchev–Trinajstić information content (AvgIpc) is 2.22. The topological polar surface area (TPSA) is 38.9 Å². The van der Waals surface area contributed by atoms with Crippen LogP contribution in [0.4, 0.5) is 10.1 Å². The number of rotatable bonds is 1. The first-order chi connectivity index (χ1) is 7.16. The normalized spacial score (nSPS) is 10.3. The Bertz CT molecular complexity index is 500. The van der Waals surface area contributed by atoms with Crippen molar-refractivity contribution in [3.05, 3.63) is 46.8 Å². The second kappa shape index (κ2) is 3.98. The smallest absolute Gasteiger partial charge is 0.132 e. The molecule has 0 amide bonds. The molecule has 0 saturated heterocycles. The SMILES string of the molecule is Nc1ccnc(-c2cc(Br)ccc2F)c1. The van der Waals surface area contributed by atoms with Crippen LogP contribution in [0.5, 0.6) is 0 Å². The standard InChI is InChI=1S/C11H8BrFN2/c12-7-1-2-10(13)9(5-7)11-6-8(14)3-4-15-11/h1-6H,(H2,14,15). The number of benzene rings is 1. The van der Waals surface area contributed by atoms with Crippen molar-refractivity contribution in [2.75, 3.05) is 5.73 Å². The molecule has 15 heavy (non-hydrogen) atoms. The zero-order chi connectivity index (χ0) is 10.8. The van der Waals surface area contributed by atoms with E-state index in [-0.39, 0.29) is 5.82 Å². The molecule has 2 rings (SSSR count). The largest absolute Gasteiger partial charge is 0.399 e. The molecule has 2 N–H and O–H groups in total. The number of hydrogen-bond donors (Lipinski definition) is 1. The molecule has 0 saturated carbocycles. The van der Waals surface area contributed by atoms with Crippen LogP contribution in [0.2, 0.25) is 0 Å². The summed E-state index contributed by atoms with van der Waals surface area (Å²) in [6.45, 7) is 0. The summed E-state index contributed by atoms with van der Waals surface area (Å²) < 4.78 is 14.3. The molecule has 2 aromatic rings. The summed E-state index contributed by atoms with van der Waals surface area (Å²) in [5, 5.41) is 0. The summed E-state index contributed by atoms with van der Waals surface area (Å²) in [5.41, 5.74) is 7.16. The fourth-order valence-electron chi connectivity index (χ4n) is 1.29. The molecule has 1 aromatic carbocycles. The van der Waals surface area contributed by atoms with Crippen molar-refractivity contribution >= 4 is 21.6 Å². The molecular formula is C11H8BrFN2. The lowest BCUT2D eigenvalue weighted by Gasteiger charge is -2.03. The summed E-state index contributed by atoms with van der Waals surface area (Å²) in [7, 11) is 0. The van der Waals surface area contributed by atoms with Crippen molar-refractivity contribution in [3.8, 4) is 11.3 Å². The summed E-state index contributed by atoms with van der Waals surface area (Å²) >= 11 is 3.29. The molecule has 76 valence electrons. The van der Waals surface area contributed by atoms with Gasteiger partial charge in [-0.25, -0.2) is 4.39 Å². The van der Waals surface area contributed by atoms with Gasteiger partial charge in [-0.05, 0) is 30.3 Å². The molecule has 0 atom stereocenters. The van der Waals surface area contributed by atoms with Gasteiger partial charge in [0.25, 0.3) is 0 Å². The van der Waals surface area contributed by atoms with Gasteiger partial charge in [0.2, 0.25) is 0 Å². The van der Waals surface area contributed by atoms with Gasteiger partial charge >= 0.3 is 0 Å². The van der Waals surface area contributed by atoms with Crippen molar-refractivity contribution in [1.29, 1.82) is 0 Å². The van der Waals surface area contributed by atoms with E-state index in [9.17, 15) is 4.39 Å². The third-order valence-corrected chi connectivity index (χ3v) is 2.48. The highest BCUT2D eigenvalue weighted by Crippen LogP contribution is 2.25. The lowest BCUT2D eigenvalue weighted by atomic mass is 10.1. The van der Waals surface area contributed by atoms with Crippen LogP contribution in [-0.4, -0.2) is 4.98 Å². The summed E-state index contributed by atoms with van der Waals surface area (Å²) in [5.74, 6) is -0.309. The highest BCUT2D eigenvalue weighted by Gasteiger charge is 2.06. The van der Waals surface area contributed by atoms with Crippen LogP contribution in [0.15, 0.2) is 41.0 Å². The number of halogens is 2. The summed E-state index contributed by atoms with van der Waals surface area (Å²) in [6, 6.07) is 8.02. The molecule has 2 nitrogen and oxygen atoms in total. The summed E-state index contributed by atoms with van der Waals surface area (Å²) in [4.78, 5) is 4.07. The van der Waals surface area contributed by atoms with E-state index in [1.807, 2.05) is 0 Å². The van der Waals surface area contributed by atoms with Gasteiger partial charge in [0, 0.05) is 21.9 Å². The maximum atomic E-state index is 13.5. The lowest BCUT2D eigenvalue weighted by molar-refractivity contribution is 0.630. The molecule has 4 heteroatoms. The van der Waals surface area contributed by atoms with E-state index in [1.165, 1.54) is 6.07 Å². The third-order valence-electron chi connectivity index (χ3n) is 1.99. The first-order valence-electron chi connectivity index (χ1n) is 4.34. The molecule has 1 heterocycles. The van der Waals surface area contributed by atoms with Crippen LogP contribution in [0, 0.1) is 5.82 Å². The van der Waals surface area contributed by atoms with Gasteiger partial charge in [-0.2, -0.15) is 0 Å². The van der Waals surface area contributed by atoms with Crippen LogP contribution in [0.1, 0.15) is 0 Å². The monoisotopic (exact) mass is 266 g/mol. The number of nitrogens with two attached hydrogens (primary N) is 1. The van der Waals surface area contributed by atoms with E-state index >= 15 is 0 Å². The Morgan fingerprint density at radius 1 is 1.20 bits per heavy atom. The number of nitrogens with zero attached hydrogens (tertiary/aromatic N) is 1. The van der Waals surface area contributed by atoms with Gasteiger partial charge in [0.1, 0.15) is 5.82 Å². The Labute approximate surface area is 95.1 Å². The number of pyridine rings is 1. The minimum Gasteiger partial charge on any atom is -0.399 e. The van der Waals surface area contributed by atoms with E-state index in [2.05, 4.69) is 20.9 Å². The van der Waals surface area contributed by atoms with E-state index in [0.29, 0.717) is 16.9 Å². The average molecular weight is 267 g/mol. The van der Waals surface area contributed by atoms with Crippen molar-refractivity contribution in [2.45, 2.75) is 0 Å². The Morgan fingerprint density at radius 2 is 2.00 bits per heavy atom. The predicted molar refractivity (Wildman–Crippen MR) is 61.7 cm³/mol. The highest BCUT2D eigenvalue weighted by molar-refractivity contribution is 9.10. The van der Waals surface area contributed by atoms with Crippen molar-refractivity contribution < 1.29 is 4.39 Å². The Hall–Kier alpha value is -1.42. The van der Waals surface area contributed by atoms with Crippen LogP contribution in [0.25, 0.3) is 11.3 Å². The predicted octanol–water partition coefficient (Wildman–Crippen LogP) is 3.23. The van der Waals surface area contributed by atoms with E-state index in [4.69, 9.17) is 5.73 Å². The quantitative estimate of drug-likeness (QED) is 0.861. The molecule has 0 aliphatic carbocycles. The van der Waals surface area contributed by atoms with Crippen LogP contribution >= 0.6 is 15.9 Å². The van der Waals surface area contributed by atoms with Crippen molar-refractivity contribution in [1.82, 2.24) is 4.98 Å². The molecule has 0 spiro atoms. The van der Waals surface area contributed by atoms with E-state index in [1.54, 1.807) is 30.5 Å². The second-order valence-corrected chi connectivity index (χ2v) is 4.01. The second-order valence-electron chi connectivity index (χ2n) is 3.10. The molecule has 0 bridgehead atoms. The lowest BCUT2D eigenvalue weighted by Crippen LogP contribution is -1.91. The first-order valence-corrected chi connectivity index (χ1v) is 5.13. The molecule has 0 aliphatic rings. The maximum Gasteiger partial charge on any atom is 0.132 e. The highest BCUT2D eigenvalue weighted by atomic mass is 79.9. The van der Waals surface area contributed by atoms with Crippen LogP contribution < -0.4 is 5.73 Å². The fourth-order valence-corrected chi connectivity index (χ4v) is 1.65. The van der Waals surface area contributed by atoms with Crippen LogP contribution in [-0.2, 0) is 0 Å². The number of aromatic nitrogens is 1. The molecule has 0 radical (unpaired) electrons. The first kappa shape index (κ1) is 10.1. The van der Waals surface area contributed by atoms with Crippen molar-refractivity contribution in [2.24, 2.45) is 0 Å². The number of anilines is 1. The Balaban J connectivity index is 2.58. The fraction of sp³-hybridized carbons (Fsp3) is 0. The van der Waals surface area contributed by atoms with E-state index in [0.717, 1.165) is 4.47 Å². The number of nitrogen functional groups attached to an aromatic ring is 1. The van der Waals surface area contributed by atoms with Crippen molar-refractivity contribution in [3.63, 3.8) is 0 Å². The molecule has 1 aromatic heterocycles. The third kappa shape index (κ3) is 2.15. The minimum absolute atomic E-state index is 0.309. The Morgan fingerprint density at radius 3 is 2.73 bits per heavy atom. The zero-order valence-corrected chi connectivity index (χ0v) is 9.33. The van der Waals surface area contributed by atoms with Gasteiger partial charge < -0.3 is 5.73 Å². The van der Waals surface area contributed by atoms with Crippen LogP contribution in [0.3, 0.4) is 0 Å².